The Hall–Kier alpha value is -1.20. The summed E-state index contributed by atoms with van der Waals surface area (Å²) >= 11 is 3.27. The Morgan fingerprint density at radius 3 is 2.83 bits per heavy atom. The van der Waals surface area contributed by atoms with Gasteiger partial charge in [0.1, 0.15) is 5.82 Å². The van der Waals surface area contributed by atoms with Gasteiger partial charge < -0.3 is 5.32 Å². The highest BCUT2D eigenvalue weighted by Gasteiger charge is 2.18. The number of benzene rings is 1. The zero-order valence-corrected chi connectivity index (χ0v) is 11.9. The predicted octanol–water partition coefficient (Wildman–Crippen LogP) is 3.02. The largest absolute Gasteiger partial charge is 0.306 e. The summed E-state index contributed by atoms with van der Waals surface area (Å²) in [7, 11) is 1.85. The maximum Gasteiger partial charge on any atom is 0.129 e. The summed E-state index contributed by atoms with van der Waals surface area (Å²) in [5.41, 5.74) is 1.59. The van der Waals surface area contributed by atoms with Crippen LogP contribution in [0.2, 0.25) is 0 Å². The van der Waals surface area contributed by atoms with E-state index < -0.39 is 0 Å². The summed E-state index contributed by atoms with van der Waals surface area (Å²) in [6.07, 6.45) is 3.66. The highest BCUT2D eigenvalue weighted by atomic mass is 79.9. The molecule has 0 saturated carbocycles. The van der Waals surface area contributed by atoms with Crippen LogP contribution in [-0.4, -0.2) is 16.3 Å². The van der Waals surface area contributed by atoms with E-state index in [4.69, 9.17) is 0 Å². The van der Waals surface area contributed by atoms with Crippen molar-refractivity contribution in [1.29, 1.82) is 0 Å². The Bertz CT molecular complexity index is 539. The molecule has 18 heavy (non-hydrogen) atoms. The normalized spacial score (nSPS) is 12.7. The Labute approximate surface area is 114 Å². The number of hydrogen-bond donors (Lipinski definition) is 1. The minimum atomic E-state index is -0.223. The second-order valence-corrected chi connectivity index (χ2v) is 5.02. The van der Waals surface area contributed by atoms with Gasteiger partial charge >= 0.3 is 0 Å². The van der Waals surface area contributed by atoms with E-state index >= 15 is 0 Å². The second-order valence-electron chi connectivity index (χ2n) is 4.10. The van der Waals surface area contributed by atoms with Gasteiger partial charge in [0, 0.05) is 28.8 Å². The lowest BCUT2D eigenvalue weighted by atomic mass is 10.0. The molecule has 0 amide bonds. The Kier molecular flexibility index (Phi) is 4.14. The van der Waals surface area contributed by atoms with Crippen LogP contribution in [0.25, 0.3) is 0 Å². The van der Waals surface area contributed by atoms with Gasteiger partial charge in [0.15, 0.2) is 0 Å². The number of halogens is 2. The summed E-state index contributed by atoms with van der Waals surface area (Å²) in [5, 5.41) is 7.42. The van der Waals surface area contributed by atoms with Crippen molar-refractivity contribution in [3.8, 4) is 0 Å². The van der Waals surface area contributed by atoms with Gasteiger partial charge in [-0.3, -0.25) is 4.68 Å². The van der Waals surface area contributed by atoms with Crippen molar-refractivity contribution in [3.63, 3.8) is 0 Å². The van der Waals surface area contributed by atoms with Gasteiger partial charge in [-0.15, -0.1) is 0 Å². The lowest BCUT2D eigenvalue weighted by Gasteiger charge is -2.17. The molecular formula is C13H15BrFN3. The molecule has 0 bridgehead atoms. The summed E-state index contributed by atoms with van der Waals surface area (Å²) < 4.78 is 16.5. The Balaban J connectivity index is 2.41. The number of aromatic nitrogens is 2. The lowest BCUT2D eigenvalue weighted by molar-refractivity contribution is 0.558. The van der Waals surface area contributed by atoms with E-state index in [0.29, 0.717) is 5.56 Å². The van der Waals surface area contributed by atoms with E-state index in [2.05, 4.69) is 26.3 Å². The number of hydrogen-bond acceptors (Lipinski definition) is 2. The molecule has 3 nitrogen and oxygen atoms in total. The third-order valence-corrected chi connectivity index (χ3v) is 3.23. The zero-order chi connectivity index (χ0) is 13.1. The molecule has 0 spiro atoms. The predicted molar refractivity (Wildman–Crippen MR) is 72.8 cm³/mol. The average Bonchev–Trinajstić information content (AvgIpc) is 2.73. The van der Waals surface area contributed by atoms with Crippen LogP contribution in [0.5, 0.6) is 0 Å². The van der Waals surface area contributed by atoms with Gasteiger partial charge in [0.05, 0.1) is 12.2 Å². The molecule has 1 aromatic heterocycles. The van der Waals surface area contributed by atoms with Crippen molar-refractivity contribution >= 4 is 15.9 Å². The van der Waals surface area contributed by atoms with E-state index in [1.54, 1.807) is 16.9 Å². The van der Waals surface area contributed by atoms with Crippen LogP contribution in [0, 0.1) is 5.82 Å². The van der Waals surface area contributed by atoms with Gasteiger partial charge in [0.2, 0.25) is 0 Å². The first-order valence-electron chi connectivity index (χ1n) is 5.78. The molecule has 5 heteroatoms. The molecule has 2 rings (SSSR count). The molecule has 1 heterocycles. The van der Waals surface area contributed by atoms with Crippen LogP contribution in [0.15, 0.2) is 35.1 Å². The molecule has 0 radical (unpaired) electrons. The van der Waals surface area contributed by atoms with Crippen molar-refractivity contribution < 1.29 is 4.39 Å². The monoisotopic (exact) mass is 311 g/mol. The highest BCUT2D eigenvalue weighted by molar-refractivity contribution is 9.10. The Morgan fingerprint density at radius 2 is 2.28 bits per heavy atom. The fraction of sp³-hybridized carbons (Fsp3) is 0.308. The summed E-state index contributed by atoms with van der Waals surface area (Å²) in [6, 6.07) is 4.95. The molecule has 1 N–H and O–H groups in total. The molecule has 96 valence electrons. The van der Waals surface area contributed by atoms with Crippen molar-refractivity contribution in [3.05, 3.63) is 52.0 Å². The zero-order valence-electron chi connectivity index (χ0n) is 10.3. The fourth-order valence-corrected chi connectivity index (χ4v) is 2.27. The molecule has 1 unspecified atom stereocenters. The van der Waals surface area contributed by atoms with Crippen LogP contribution in [0.4, 0.5) is 4.39 Å². The molecule has 1 atom stereocenters. The van der Waals surface area contributed by atoms with Crippen molar-refractivity contribution in [2.45, 2.75) is 13.0 Å². The average molecular weight is 312 g/mol. The smallest absolute Gasteiger partial charge is 0.129 e. The van der Waals surface area contributed by atoms with Gasteiger partial charge in [-0.1, -0.05) is 28.9 Å². The molecule has 0 aliphatic carbocycles. The van der Waals surface area contributed by atoms with Crippen LogP contribution in [0.1, 0.15) is 24.1 Å². The standard InChI is InChI=1S/C13H15BrFN3/c1-3-16-13(9-7-17-18(2)8-9)11-5-4-10(14)6-12(11)15/h4-8,13,16H,3H2,1-2H3. The highest BCUT2D eigenvalue weighted by Crippen LogP contribution is 2.26. The SMILES string of the molecule is CCNC(c1cnn(C)c1)c1ccc(Br)cc1F. The van der Waals surface area contributed by atoms with E-state index in [-0.39, 0.29) is 11.9 Å². The topological polar surface area (TPSA) is 29.9 Å². The number of rotatable bonds is 4. The third-order valence-electron chi connectivity index (χ3n) is 2.74. The molecule has 0 fully saturated rings. The summed E-state index contributed by atoms with van der Waals surface area (Å²) in [6.45, 7) is 2.76. The van der Waals surface area contributed by atoms with Crippen LogP contribution in [-0.2, 0) is 7.05 Å². The molecule has 0 saturated heterocycles. The quantitative estimate of drug-likeness (QED) is 0.940. The van der Waals surface area contributed by atoms with Gasteiger partial charge in [-0.2, -0.15) is 5.10 Å². The van der Waals surface area contributed by atoms with Crippen LogP contribution in [0.3, 0.4) is 0 Å². The van der Waals surface area contributed by atoms with Gasteiger partial charge in [0.25, 0.3) is 0 Å². The number of nitrogens with one attached hydrogen (secondary N) is 1. The van der Waals surface area contributed by atoms with Crippen molar-refractivity contribution in [2.24, 2.45) is 7.05 Å². The Morgan fingerprint density at radius 1 is 1.50 bits per heavy atom. The lowest BCUT2D eigenvalue weighted by Crippen LogP contribution is -2.22. The molecule has 0 aliphatic rings. The van der Waals surface area contributed by atoms with Crippen LogP contribution < -0.4 is 5.32 Å². The molecule has 0 aliphatic heterocycles. The number of aryl methyl sites for hydroxylation is 1. The van der Waals surface area contributed by atoms with E-state index in [9.17, 15) is 4.39 Å². The fourth-order valence-electron chi connectivity index (χ4n) is 1.94. The minimum absolute atomic E-state index is 0.170. The second kappa shape index (κ2) is 5.63. The molecule has 1 aromatic carbocycles. The van der Waals surface area contributed by atoms with Gasteiger partial charge in [-0.25, -0.2) is 4.39 Å². The minimum Gasteiger partial charge on any atom is -0.306 e. The maximum atomic E-state index is 14.0. The third kappa shape index (κ3) is 2.79. The molecular weight excluding hydrogens is 297 g/mol. The van der Waals surface area contributed by atoms with Crippen molar-refractivity contribution in [1.82, 2.24) is 15.1 Å². The van der Waals surface area contributed by atoms with Gasteiger partial charge in [-0.05, 0) is 18.7 Å². The number of nitrogens with zero attached hydrogens (tertiary/aromatic N) is 2. The van der Waals surface area contributed by atoms with E-state index in [0.717, 1.165) is 16.6 Å². The maximum absolute atomic E-state index is 14.0. The first-order valence-corrected chi connectivity index (χ1v) is 6.58. The first-order chi connectivity index (χ1) is 8.61. The summed E-state index contributed by atoms with van der Waals surface area (Å²) in [5.74, 6) is -0.223. The molecule has 2 aromatic rings. The van der Waals surface area contributed by atoms with Crippen LogP contribution >= 0.6 is 15.9 Å². The first kappa shape index (κ1) is 13.2. The van der Waals surface area contributed by atoms with E-state index in [1.807, 2.05) is 26.2 Å². The van der Waals surface area contributed by atoms with E-state index in [1.165, 1.54) is 6.07 Å². The van der Waals surface area contributed by atoms with Crippen molar-refractivity contribution in [2.75, 3.05) is 6.54 Å². The summed E-state index contributed by atoms with van der Waals surface area (Å²) in [4.78, 5) is 0.